The first-order valence-electron chi connectivity index (χ1n) is 6.25. The summed E-state index contributed by atoms with van der Waals surface area (Å²) in [6.45, 7) is 2.22. The standard InChI is InChI=1S/C13H20N2O5S/c1-10-5-6-11(13(16)14-20-8-7-19-4)9-12(10)21(17,18)15(2)3/h5-6,9H,7-8H2,1-4H3,(H,14,16). The molecule has 0 aliphatic rings. The van der Waals surface area contributed by atoms with Gasteiger partial charge in [-0.3, -0.25) is 9.63 Å². The summed E-state index contributed by atoms with van der Waals surface area (Å²) in [7, 11) is 0.797. The van der Waals surface area contributed by atoms with Gasteiger partial charge in [-0.1, -0.05) is 6.07 Å². The van der Waals surface area contributed by atoms with Gasteiger partial charge in [-0.15, -0.1) is 0 Å². The quantitative estimate of drug-likeness (QED) is 0.587. The van der Waals surface area contributed by atoms with Crippen LogP contribution in [0.3, 0.4) is 0 Å². The summed E-state index contributed by atoms with van der Waals surface area (Å²) >= 11 is 0. The lowest BCUT2D eigenvalue weighted by atomic mass is 10.1. The number of nitrogens with zero attached hydrogens (tertiary/aromatic N) is 1. The summed E-state index contributed by atoms with van der Waals surface area (Å²) in [6.07, 6.45) is 0. The number of carbonyl (C=O) groups is 1. The first-order valence-corrected chi connectivity index (χ1v) is 7.69. The molecule has 0 aliphatic carbocycles. The fraction of sp³-hybridized carbons (Fsp3) is 0.462. The predicted molar refractivity (Wildman–Crippen MR) is 77.3 cm³/mol. The number of sulfonamides is 1. The first kappa shape index (κ1) is 17.6. The van der Waals surface area contributed by atoms with E-state index in [-0.39, 0.29) is 17.1 Å². The molecule has 0 spiro atoms. The predicted octanol–water partition coefficient (Wildman–Crippen LogP) is 0.553. The van der Waals surface area contributed by atoms with Gasteiger partial charge in [0, 0.05) is 26.8 Å². The molecule has 1 aromatic rings. The number of benzene rings is 1. The Morgan fingerprint density at radius 1 is 1.29 bits per heavy atom. The lowest BCUT2D eigenvalue weighted by molar-refractivity contribution is 0.00887. The molecular formula is C13H20N2O5S. The fourth-order valence-electron chi connectivity index (χ4n) is 1.52. The Morgan fingerprint density at radius 2 is 1.95 bits per heavy atom. The molecule has 0 fully saturated rings. The maximum absolute atomic E-state index is 12.2. The molecule has 0 heterocycles. The van der Waals surface area contributed by atoms with Crippen LogP contribution in [0.15, 0.2) is 23.1 Å². The lowest BCUT2D eigenvalue weighted by Crippen LogP contribution is -2.27. The van der Waals surface area contributed by atoms with Gasteiger partial charge in [-0.25, -0.2) is 18.2 Å². The number of hydrogen-bond acceptors (Lipinski definition) is 5. The third-order valence-electron chi connectivity index (χ3n) is 2.76. The van der Waals surface area contributed by atoms with Gasteiger partial charge in [-0.2, -0.15) is 0 Å². The van der Waals surface area contributed by atoms with Gasteiger partial charge in [0.15, 0.2) is 0 Å². The van der Waals surface area contributed by atoms with E-state index in [4.69, 9.17) is 9.57 Å². The van der Waals surface area contributed by atoms with Crippen molar-refractivity contribution in [2.45, 2.75) is 11.8 Å². The minimum atomic E-state index is -3.60. The Kier molecular flexibility index (Phi) is 6.28. The third-order valence-corrected chi connectivity index (χ3v) is 4.72. The normalized spacial score (nSPS) is 11.7. The zero-order valence-corrected chi connectivity index (χ0v) is 13.4. The Balaban J connectivity index is 2.94. The smallest absolute Gasteiger partial charge is 0.274 e. The van der Waals surface area contributed by atoms with Crippen molar-refractivity contribution in [2.24, 2.45) is 0 Å². The molecule has 0 radical (unpaired) electrons. The molecule has 1 N–H and O–H groups in total. The molecule has 0 unspecified atom stereocenters. The number of carbonyl (C=O) groups excluding carboxylic acids is 1. The highest BCUT2D eigenvalue weighted by Crippen LogP contribution is 2.19. The van der Waals surface area contributed by atoms with E-state index in [0.29, 0.717) is 12.2 Å². The summed E-state index contributed by atoms with van der Waals surface area (Å²) in [4.78, 5) is 16.9. The van der Waals surface area contributed by atoms with Crippen LogP contribution in [-0.4, -0.2) is 53.0 Å². The molecule has 1 aromatic carbocycles. The van der Waals surface area contributed by atoms with Crippen LogP contribution in [0.1, 0.15) is 15.9 Å². The number of amides is 1. The summed E-state index contributed by atoms with van der Waals surface area (Å²) in [5.41, 5.74) is 3.01. The Bertz CT molecular complexity index is 599. The number of hydrogen-bond donors (Lipinski definition) is 1. The van der Waals surface area contributed by atoms with Crippen molar-refractivity contribution < 1.29 is 22.8 Å². The lowest BCUT2D eigenvalue weighted by Gasteiger charge is -2.14. The largest absolute Gasteiger partial charge is 0.382 e. The van der Waals surface area contributed by atoms with Crippen molar-refractivity contribution in [3.63, 3.8) is 0 Å². The number of hydroxylamine groups is 1. The molecule has 1 rings (SSSR count). The molecule has 1 amide bonds. The minimum Gasteiger partial charge on any atom is -0.382 e. The van der Waals surface area contributed by atoms with Crippen LogP contribution in [0.4, 0.5) is 0 Å². The van der Waals surface area contributed by atoms with Crippen LogP contribution in [0.25, 0.3) is 0 Å². The van der Waals surface area contributed by atoms with Gasteiger partial charge in [0.1, 0.15) is 0 Å². The number of nitrogens with one attached hydrogen (secondary N) is 1. The maximum Gasteiger partial charge on any atom is 0.274 e. The molecule has 0 aromatic heterocycles. The molecule has 21 heavy (non-hydrogen) atoms. The molecule has 0 aliphatic heterocycles. The highest BCUT2D eigenvalue weighted by molar-refractivity contribution is 7.89. The summed E-state index contributed by atoms with van der Waals surface area (Å²) in [6, 6.07) is 4.46. The van der Waals surface area contributed by atoms with Crippen LogP contribution in [-0.2, 0) is 19.6 Å². The van der Waals surface area contributed by atoms with E-state index >= 15 is 0 Å². The summed E-state index contributed by atoms with van der Waals surface area (Å²) in [5.74, 6) is -0.513. The molecule has 0 saturated heterocycles. The SMILES string of the molecule is COCCONC(=O)c1ccc(C)c(S(=O)(=O)N(C)C)c1. The highest BCUT2D eigenvalue weighted by Gasteiger charge is 2.21. The summed E-state index contributed by atoms with van der Waals surface area (Å²) < 4.78 is 30.2. The number of rotatable bonds is 7. The van der Waals surface area contributed by atoms with E-state index < -0.39 is 15.9 Å². The fourth-order valence-corrected chi connectivity index (χ4v) is 2.66. The van der Waals surface area contributed by atoms with Gasteiger partial charge in [0.25, 0.3) is 5.91 Å². The average Bonchev–Trinajstić information content (AvgIpc) is 2.43. The molecule has 118 valence electrons. The zero-order chi connectivity index (χ0) is 16.0. The third kappa shape index (κ3) is 4.50. The van der Waals surface area contributed by atoms with Crippen LogP contribution >= 0.6 is 0 Å². The maximum atomic E-state index is 12.2. The van der Waals surface area contributed by atoms with Gasteiger partial charge in [0.2, 0.25) is 10.0 Å². The van der Waals surface area contributed by atoms with E-state index in [9.17, 15) is 13.2 Å². The Labute approximate surface area is 124 Å². The van der Waals surface area contributed by atoms with Crippen molar-refractivity contribution in [1.29, 1.82) is 0 Å². The molecule has 0 saturated carbocycles. The van der Waals surface area contributed by atoms with Gasteiger partial charge < -0.3 is 4.74 Å². The van der Waals surface area contributed by atoms with E-state index in [1.165, 1.54) is 27.3 Å². The second-order valence-corrected chi connectivity index (χ2v) is 6.66. The van der Waals surface area contributed by atoms with Crippen LogP contribution in [0, 0.1) is 6.92 Å². The second kappa shape index (κ2) is 7.51. The van der Waals surface area contributed by atoms with Crippen LogP contribution in [0.5, 0.6) is 0 Å². The van der Waals surface area contributed by atoms with E-state index in [0.717, 1.165) is 4.31 Å². The highest BCUT2D eigenvalue weighted by atomic mass is 32.2. The van der Waals surface area contributed by atoms with Crippen LogP contribution < -0.4 is 5.48 Å². The summed E-state index contributed by atoms with van der Waals surface area (Å²) in [5, 5.41) is 0. The Morgan fingerprint density at radius 3 is 2.52 bits per heavy atom. The van der Waals surface area contributed by atoms with Crippen molar-refractivity contribution in [3.05, 3.63) is 29.3 Å². The van der Waals surface area contributed by atoms with Gasteiger partial charge in [0.05, 0.1) is 18.1 Å². The van der Waals surface area contributed by atoms with E-state index in [1.54, 1.807) is 19.1 Å². The van der Waals surface area contributed by atoms with E-state index in [1.807, 2.05) is 0 Å². The topological polar surface area (TPSA) is 84.9 Å². The number of methoxy groups -OCH3 is 1. The molecule has 8 heteroatoms. The number of aryl methyl sites for hydroxylation is 1. The Hall–Kier alpha value is -1.48. The van der Waals surface area contributed by atoms with Crippen molar-refractivity contribution in [3.8, 4) is 0 Å². The second-order valence-electron chi connectivity index (χ2n) is 4.54. The minimum absolute atomic E-state index is 0.0945. The number of ether oxygens (including phenoxy) is 1. The van der Waals surface area contributed by atoms with Gasteiger partial charge >= 0.3 is 0 Å². The molecule has 0 atom stereocenters. The average molecular weight is 316 g/mol. The molecular weight excluding hydrogens is 296 g/mol. The zero-order valence-electron chi connectivity index (χ0n) is 12.5. The molecule has 7 nitrogen and oxygen atoms in total. The molecule has 0 bridgehead atoms. The first-order chi connectivity index (χ1) is 9.80. The van der Waals surface area contributed by atoms with Crippen LogP contribution in [0.2, 0.25) is 0 Å². The van der Waals surface area contributed by atoms with Crippen molar-refractivity contribution in [2.75, 3.05) is 34.4 Å². The van der Waals surface area contributed by atoms with Gasteiger partial charge in [-0.05, 0) is 24.6 Å². The van der Waals surface area contributed by atoms with Crippen molar-refractivity contribution >= 4 is 15.9 Å². The van der Waals surface area contributed by atoms with E-state index in [2.05, 4.69) is 5.48 Å². The monoisotopic (exact) mass is 316 g/mol. The van der Waals surface area contributed by atoms with Crippen molar-refractivity contribution in [1.82, 2.24) is 9.79 Å².